The largest absolute Gasteiger partial charge is 0.384 e. The van der Waals surface area contributed by atoms with Crippen molar-refractivity contribution >= 4 is 23.0 Å². The van der Waals surface area contributed by atoms with E-state index in [1.165, 1.54) is 6.07 Å². The number of carbonyl (C=O) groups is 2. The maximum atomic E-state index is 12.0. The molecule has 2 aromatic rings. The Morgan fingerprint density at radius 3 is 2.24 bits per heavy atom. The van der Waals surface area contributed by atoms with E-state index in [0.717, 1.165) is 6.08 Å². The van der Waals surface area contributed by atoms with E-state index in [0.29, 0.717) is 5.56 Å². The van der Waals surface area contributed by atoms with Crippen LogP contribution in [0.2, 0.25) is 0 Å². The maximum Gasteiger partial charge on any atom is 0.327 e. The summed E-state index contributed by atoms with van der Waals surface area (Å²) in [7, 11) is 0. The maximum absolute atomic E-state index is 12.0. The highest BCUT2D eigenvalue weighted by atomic mass is 16.2. The number of hydrogen-bond acceptors (Lipinski definition) is 5. The fourth-order valence-corrected chi connectivity index (χ4v) is 2.30. The lowest BCUT2D eigenvalue weighted by Crippen LogP contribution is -2.29. The number of hydrogen-bond donors (Lipinski definition) is 3. The first kappa shape index (κ1) is 12.8. The fourth-order valence-electron chi connectivity index (χ4n) is 2.30. The molecule has 7 heteroatoms. The molecule has 0 atom stereocenters. The van der Waals surface area contributed by atoms with Crippen LogP contribution in [0.15, 0.2) is 39.9 Å². The van der Waals surface area contributed by atoms with Gasteiger partial charge in [-0.25, -0.2) is 4.79 Å². The van der Waals surface area contributed by atoms with Crippen LogP contribution in [0.1, 0.15) is 21.5 Å². The van der Waals surface area contributed by atoms with Gasteiger partial charge in [0.05, 0.1) is 5.56 Å². The van der Waals surface area contributed by atoms with Crippen molar-refractivity contribution in [2.45, 2.75) is 0 Å². The fraction of sp³-hybridized carbons (Fsp3) is 0. The molecule has 0 fully saturated rings. The number of nitrogen functional groups attached to an aromatic ring is 1. The van der Waals surface area contributed by atoms with Crippen molar-refractivity contribution < 1.29 is 9.59 Å². The molecule has 0 saturated heterocycles. The second-order valence-electron chi connectivity index (χ2n) is 4.49. The summed E-state index contributed by atoms with van der Waals surface area (Å²) in [6.45, 7) is 0. The standard InChI is InChI=1S/C14H9N3O4/c15-12-10(13(20)17-14(21)16-12)8-5-9(18)11(19)7-4-2-1-3-6(7)8/h1-5H,(H4,15,16,17,20,21). The molecule has 104 valence electrons. The van der Waals surface area contributed by atoms with Crippen LogP contribution < -0.4 is 17.0 Å². The SMILES string of the molecule is Nc1[nH]c(=O)[nH]c(=O)c1C1=CC(=O)C(=O)c2ccccc21. The molecule has 1 aliphatic carbocycles. The van der Waals surface area contributed by atoms with Gasteiger partial charge in [-0.1, -0.05) is 24.3 Å². The number of H-pyrrole nitrogens is 2. The predicted molar refractivity (Wildman–Crippen MR) is 75.0 cm³/mol. The predicted octanol–water partition coefficient (Wildman–Crippen LogP) is -0.158. The smallest absolute Gasteiger partial charge is 0.327 e. The number of rotatable bonds is 1. The normalized spacial score (nSPS) is 13.8. The van der Waals surface area contributed by atoms with E-state index < -0.39 is 22.8 Å². The van der Waals surface area contributed by atoms with Crippen molar-refractivity contribution in [2.75, 3.05) is 5.73 Å². The van der Waals surface area contributed by atoms with Crippen LogP contribution in [0.3, 0.4) is 0 Å². The number of aromatic nitrogens is 2. The molecule has 4 N–H and O–H groups in total. The third-order valence-corrected chi connectivity index (χ3v) is 3.20. The minimum Gasteiger partial charge on any atom is -0.384 e. The summed E-state index contributed by atoms with van der Waals surface area (Å²) in [5, 5.41) is 0. The Labute approximate surface area is 117 Å². The van der Waals surface area contributed by atoms with Crippen molar-refractivity contribution in [1.29, 1.82) is 0 Å². The number of aromatic amines is 2. The molecular formula is C14H9N3O4. The number of nitrogens with two attached hydrogens (primary N) is 1. The third-order valence-electron chi connectivity index (χ3n) is 3.20. The van der Waals surface area contributed by atoms with Crippen molar-refractivity contribution in [3.63, 3.8) is 0 Å². The summed E-state index contributed by atoms with van der Waals surface area (Å²) >= 11 is 0. The molecule has 0 unspecified atom stereocenters. The summed E-state index contributed by atoms with van der Waals surface area (Å²) in [5.41, 5.74) is 5.01. The number of nitrogens with one attached hydrogen (secondary N) is 2. The summed E-state index contributed by atoms with van der Waals surface area (Å²) in [6, 6.07) is 6.40. The van der Waals surface area contributed by atoms with Gasteiger partial charge < -0.3 is 5.73 Å². The first-order valence-electron chi connectivity index (χ1n) is 6.01. The molecule has 0 saturated carbocycles. The van der Waals surface area contributed by atoms with Crippen LogP contribution in [-0.4, -0.2) is 21.5 Å². The second-order valence-corrected chi connectivity index (χ2v) is 4.49. The van der Waals surface area contributed by atoms with E-state index in [4.69, 9.17) is 5.73 Å². The lowest BCUT2D eigenvalue weighted by atomic mass is 9.86. The Bertz CT molecular complexity index is 934. The molecule has 1 aliphatic rings. The van der Waals surface area contributed by atoms with Crippen LogP contribution in [-0.2, 0) is 4.79 Å². The molecule has 0 amide bonds. The molecule has 1 aromatic carbocycles. The third kappa shape index (κ3) is 1.91. The second kappa shape index (κ2) is 4.41. The highest BCUT2D eigenvalue weighted by molar-refractivity contribution is 6.51. The van der Waals surface area contributed by atoms with Crippen LogP contribution in [0.4, 0.5) is 5.82 Å². The molecule has 21 heavy (non-hydrogen) atoms. The van der Waals surface area contributed by atoms with Gasteiger partial charge in [0.25, 0.3) is 5.56 Å². The van der Waals surface area contributed by atoms with E-state index >= 15 is 0 Å². The summed E-state index contributed by atoms with van der Waals surface area (Å²) in [4.78, 5) is 51.1. The van der Waals surface area contributed by atoms with Crippen LogP contribution >= 0.6 is 0 Å². The highest BCUT2D eigenvalue weighted by Gasteiger charge is 2.28. The van der Waals surface area contributed by atoms with Gasteiger partial charge in [0, 0.05) is 11.1 Å². The van der Waals surface area contributed by atoms with E-state index in [-0.39, 0.29) is 22.5 Å². The van der Waals surface area contributed by atoms with E-state index in [9.17, 15) is 19.2 Å². The number of fused-ring (bicyclic) bond motifs is 1. The van der Waals surface area contributed by atoms with Crippen LogP contribution in [0, 0.1) is 0 Å². The van der Waals surface area contributed by atoms with Crippen molar-refractivity contribution in [3.05, 3.63) is 67.9 Å². The van der Waals surface area contributed by atoms with Crippen LogP contribution in [0.25, 0.3) is 5.57 Å². The molecule has 1 aromatic heterocycles. The first-order chi connectivity index (χ1) is 9.99. The van der Waals surface area contributed by atoms with Gasteiger partial charge in [-0.2, -0.15) is 0 Å². The zero-order valence-corrected chi connectivity index (χ0v) is 10.6. The lowest BCUT2D eigenvalue weighted by molar-refractivity contribution is -0.111. The molecule has 0 aliphatic heterocycles. The van der Waals surface area contributed by atoms with E-state index in [2.05, 4.69) is 9.97 Å². The van der Waals surface area contributed by atoms with Gasteiger partial charge in [0.1, 0.15) is 5.82 Å². The molecule has 0 radical (unpaired) electrons. The average molecular weight is 283 g/mol. The molecule has 0 bridgehead atoms. The Kier molecular flexibility index (Phi) is 2.69. The van der Waals surface area contributed by atoms with Crippen LogP contribution in [0.5, 0.6) is 0 Å². The number of anilines is 1. The van der Waals surface area contributed by atoms with Gasteiger partial charge in [-0.05, 0) is 11.6 Å². The Morgan fingerprint density at radius 1 is 0.905 bits per heavy atom. The molecule has 3 rings (SSSR count). The van der Waals surface area contributed by atoms with Gasteiger partial charge in [0.15, 0.2) is 0 Å². The monoisotopic (exact) mass is 283 g/mol. The zero-order chi connectivity index (χ0) is 15.1. The Morgan fingerprint density at radius 2 is 1.57 bits per heavy atom. The van der Waals surface area contributed by atoms with E-state index in [1.807, 2.05) is 0 Å². The van der Waals surface area contributed by atoms with Gasteiger partial charge in [-0.3, -0.25) is 24.4 Å². The molecular weight excluding hydrogens is 274 g/mol. The van der Waals surface area contributed by atoms with Crippen molar-refractivity contribution in [2.24, 2.45) is 0 Å². The summed E-state index contributed by atoms with van der Waals surface area (Å²) < 4.78 is 0. The minimum absolute atomic E-state index is 0.0390. The topological polar surface area (TPSA) is 126 Å². The Hall–Kier alpha value is -3.22. The zero-order valence-electron chi connectivity index (χ0n) is 10.6. The molecule has 7 nitrogen and oxygen atoms in total. The quantitative estimate of drug-likeness (QED) is 0.627. The number of carbonyl (C=O) groups excluding carboxylic acids is 2. The minimum atomic E-state index is -0.742. The first-order valence-corrected chi connectivity index (χ1v) is 6.01. The highest BCUT2D eigenvalue weighted by Crippen LogP contribution is 2.30. The summed E-state index contributed by atoms with van der Waals surface area (Å²) in [5.74, 6) is -1.55. The van der Waals surface area contributed by atoms with Gasteiger partial charge >= 0.3 is 5.69 Å². The van der Waals surface area contributed by atoms with Gasteiger partial charge in [-0.15, -0.1) is 0 Å². The average Bonchev–Trinajstić information content (AvgIpc) is 2.43. The van der Waals surface area contributed by atoms with Gasteiger partial charge in [0.2, 0.25) is 11.6 Å². The number of Topliss-reactive ketones (excluding diaryl/α,β-unsaturated/α-hetero) is 1. The van der Waals surface area contributed by atoms with Crippen molar-refractivity contribution in [3.8, 4) is 0 Å². The van der Waals surface area contributed by atoms with E-state index in [1.54, 1.807) is 18.2 Å². The number of allylic oxidation sites excluding steroid dienone is 1. The lowest BCUT2D eigenvalue weighted by Gasteiger charge is -2.16. The van der Waals surface area contributed by atoms with Crippen molar-refractivity contribution in [1.82, 2.24) is 9.97 Å². The molecule has 1 heterocycles. The molecule has 0 spiro atoms. The number of ketones is 2. The Balaban J connectivity index is 2.36. The number of benzene rings is 1. The summed E-state index contributed by atoms with van der Waals surface area (Å²) in [6.07, 6.45) is 1.06.